The molecule has 0 N–H and O–H groups in total. The van der Waals surface area contributed by atoms with E-state index < -0.39 is 29.8 Å². The second-order valence-corrected chi connectivity index (χ2v) is 35.2. The van der Waals surface area contributed by atoms with Crippen LogP contribution < -0.4 is 47.4 Å². The molecule has 0 aromatic heterocycles. The summed E-state index contributed by atoms with van der Waals surface area (Å²) >= 11 is 50.8. The quantitative estimate of drug-likeness (QED) is 0.00799. The minimum absolute atomic E-state index is 0. The summed E-state index contributed by atoms with van der Waals surface area (Å²) in [5.41, 5.74) is 2.31. The molecule has 0 saturated carbocycles. The summed E-state index contributed by atoms with van der Waals surface area (Å²) < 4.78 is 55.2. The summed E-state index contributed by atoms with van der Waals surface area (Å²) in [6.45, 7) is 14.6. The van der Waals surface area contributed by atoms with Crippen LogP contribution >= 0.6 is 121 Å². The number of carbonyl (C=O) groups excluding carboxylic acids is 5. The molecule has 0 atom stereocenters. The minimum Gasteiger partial charge on any atom is -0.494 e. The number of esters is 5. The van der Waals surface area contributed by atoms with Gasteiger partial charge in [0, 0.05) is 54.8 Å². The average Bonchev–Trinajstić information content (AvgIpc) is 0.863. The third kappa shape index (κ3) is 52.1. The zero-order valence-corrected chi connectivity index (χ0v) is 85.5. The van der Waals surface area contributed by atoms with Gasteiger partial charge in [0.15, 0.2) is 0 Å². The minimum atomic E-state index is -0.435. The molecule has 30 heteroatoms. The van der Waals surface area contributed by atoms with Crippen molar-refractivity contribution in [1.82, 2.24) is 0 Å². The van der Waals surface area contributed by atoms with Crippen molar-refractivity contribution < 1.29 is 94.9 Å². The predicted molar refractivity (Wildman–Crippen MR) is 557 cm³/mol. The Kier molecular flexibility index (Phi) is 68.7. The van der Waals surface area contributed by atoms with Gasteiger partial charge in [-0.2, -0.15) is 0 Å². The zero-order chi connectivity index (χ0) is 93.9. The maximum atomic E-state index is 12.2. The fraction of sp³-hybridized carbons (Fsp3) is 0.381. The highest BCUT2D eigenvalue weighted by Gasteiger charge is 2.17. The maximum Gasteiger partial charge on any atom is 0.343 e. The summed E-state index contributed by atoms with van der Waals surface area (Å²) in [7, 11) is 0. The molecule has 10 rings (SSSR count). The number of halogens is 10. The van der Waals surface area contributed by atoms with Crippen molar-refractivity contribution >= 4 is 151 Å². The number of benzene rings is 10. The van der Waals surface area contributed by atoms with Crippen LogP contribution in [0.2, 0.25) is 25.1 Å². The summed E-state index contributed by atoms with van der Waals surface area (Å²) in [4.78, 5) is 64.1. The first-order chi connectivity index (χ1) is 63.0. The van der Waals surface area contributed by atoms with Gasteiger partial charge in [0.2, 0.25) is 0 Å². The molecule has 15 nitrogen and oxygen atoms in total. The topological polar surface area (TPSA) is 178 Å². The molecule has 0 radical (unpaired) electrons. The van der Waals surface area contributed by atoms with Crippen molar-refractivity contribution in [2.45, 2.75) is 252 Å². The molecule has 0 saturated heterocycles. The molecule has 10 aromatic carbocycles. The second kappa shape index (κ2) is 74.5. The van der Waals surface area contributed by atoms with Gasteiger partial charge in [-0.1, -0.05) is 253 Å². The second-order valence-electron chi connectivity index (χ2n) is 30.7. The molecule has 0 aliphatic heterocycles. The van der Waals surface area contributed by atoms with Crippen molar-refractivity contribution in [1.29, 1.82) is 0 Å². The van der Waals surface area contributed by atoms with E-state index in [9.17, 15) is 24.0 Å². The monoisotopic (exact) mass is 2060 g/mol. The third-order valence-electron chi connectivity index (χ3n) is 19.9. The summed E-state index contributed by atoms with van der Waals surface area (Å²) in [5, 5.41) is 2.21. The highest BCUT2D eigenvalue weighted by molar-refractivity contribution is 7.81. The lowest BCUT2D eigenvalue weighted by Crippen LogP contribution is -2.08. The number of unbranched alkanes of at least 4 members (excludes halogenated alkanes) is 25. The van der Waals surface area contributed by atoms with Gasteiger partial charge in [0.25, 0.3) is 0 Å². The van der Waals surface area contributed by atoms with Crippen LogP contribution in [0, 0.1) is 0 Å². The summed E-state index contributed by atoms with van der Waals surface area (Å²) in [6.07, 6.45) is 36.9. The van der Waals surface area contributed by atoms with Gasteiger partial charge in [-0.05, 0) is 214 Å². The zero-order valence-electron chi connectivity index (χ0n) is 77.2. The first-order valence-corrected chi connectivity index (χ1v) is 49.3. The Morgan fingerprint density at radius 3 is 0.452 bits per heavy atom. The van der Waals surface area contributed by atoms with Gasteiger partial charge in [-0.15, -0.1) is 63.1 Å². The lowest BCUT2D eigenvalue weighted by atomic mass is 10.1. The van der Waals surface area contributed by atoms with Gasteiger partial charge in [-0.25, -0.2) is 24.0 Å². The summed E-state index contributed by atoms with van der Waals surface area (Å²) in [5.74, 6) is 3.58. The van der Waals surface area contributed by atoms with Gasteiger partial charge in [0.1, 0.15) is 57.5 Å². The standard InChI is InChI=1S/5C21H25ClO3S.5FH/c5*1-2-3-4-5-6-7-14-24-17-10-8-16(9-11-17)21(23)25-18-12-13-20(26)19(22)15-18;;;;;/h5*8-13,15,26H,2-7,14H2,1H3;5*1H. The highest BCUT2D eigenvalue weighted by atomic mass is 35.5. The molecule has 0 heterocycles. The highest BCUT2D eigenvalue weighted by Crippen LogP contribution is 2.33. The van der Waals surface area contributed by atoms with Crippen molar-refractivity contribution in [2.75, 3.05) is 33.0 Å². The Morgan fingerprint density at radius 2 is 0.319 bits per heavy atom. The number of hydrogen-bond acceptors (Lipinski definition) is 20. The lowest BCUT2D eigenvalue weighted by molar-refractivity contribution is 0.0725. The molecular formula is C105H130Cl5F5O15S5. The Balaban J connectivity index is 0.000000836. The maximum absolute atomic E-state index is 12.2. The van der Waals surface area contributed by atoms with Crippen molar-refractivity contribution in [3.05, 3.63) is 265 Å². The number of hydrogen-bond donors (Lipinski definition) is 5. The molecule has 0 fully saturated rings. The van der Waals surface area contributed by atoms with Gasteiger partial charge < -0.3 is 47.4 Å². The Bertz CT molecular complexity index is 4250. The van der Waals surface area contributed by atoms with Crippen LogP contribution in [0.25, 0.3) is 0 Å². The largest absolute Gasteiger partial charge is 0.494 e. The average molecular weight is 2060 g/mol. The summed E-state index contributed by atoms with van der Waals surface area (Å²) in [6, 6.07) is 59.5. The van der Waals surface area contributed by atoms with Crippen LogP contribution in [0.1, 0.15) is 279 Å². The van der Waals surface area contributed by atoms with Crippen molar-refractivity contribution in [3.63, 3.8) is 0 Å². The molecule has 0 spiro atoms. The van der Waals surface area contributed by atoms with Crippen LogP contribution in [0.5, 0.6) is 57.5 Å². The van der Waals surface area contributed by atoms with E-state index in [1.165, 1.54) is 161 Å². The number of carbonyl (C=O) groups is 5. The number of thiol groups is 5. The number of ether oxygens (including phenoxy) is 10. The molecule has 135 heavy (non-hydrogen) atoms. The Labute approximate surface area is 846 Å². The first-order valence-electron chi connectivity index (χ1n) is 45.2. The molecule has 10 aromatic rings. The van der Waals surface area contributed by atoms with E-state index in [1.807, 2.05) is 0 Å². The van der Waals surface area contributed by atoms with Crippen LogP contribution in [0.3, 0.4) is 0 Å². The van der Waals surface area contributed by atoms with E-state index >= 15 is 0 Å². The third-order valence-corrected chi connectivity index (χ3v) is 24.1. The van der Waals surface area contributed by atoms with E-state index in [4.69, 9.17) is 105 Å². The molecule has 0 bridgehead atoms. The predicted octanol–water partition coefficient (Wildman–Crippen LogP) is 33.7. The van der Waals surface area contributed by atoms with Crippen LogP contribution in [0.15, 0.2) is 237 Å². The van der Waals surface area contributed by atoms with Crippen LogP contribution in [-0.4, -0.2) is 62.9 Å². The van der Waals surface area contributed by atoms with Gasteiger partial charge in [-0.3, -0.25) is 23.5 Å². The Morgan fingerprint density at radius 1 is 0.193 bits per heavy atom. The molecular weight excluding hydrogens is 1930 g/mol. The molecule has 0 amide bonds. The van der Waals surface area contributed by atoms with E-state index in [1.54, 1.807) is 212 Å². The normalized spacial score (nSPS) is 10.2. The molecule has 0 aliphatic rings. The van der Waals surface area contributed by atoms with Crippen molar-refractivity contribution in [2.24, 2.45) is 0 Å². The molecule has 740 valence electrons. The molecule has 0 unspecified atom stereocenters. The molecule has 0 aliphatic carbocycles. The SMILES string of the molecule is CCCCCCCCOc1ccc(C(=O)Oc2ccc(S)c(Cl)c2)cc1.CCCCCCCCOc1ccc(C(=O)Oc2ccc(S)c(Cl)c2)cc1.CCCCCCCCOc1ccc(C(=O)Oc2ccc(S)c(Cl)c2)cc1.CCCCCCCCOc1ccc(C(=O)Oc2ccc(S)c(Cl)c2)cc1.CCCCCCCCOc1ccc(C(=O)Oc2ccc(S)c(Cl)c2)cc1.F.F.F.F.F. The lowest BCUT2D eigenvalue weighted by Gasteiger charge is -2.08. The fourth-order valence-corrected chi connectivity index (χ4v) is 13.9. The van der Waals surface area contributed by atoms with Crippen LogP contribution in [-0.2, 0) is 0 Å². The van der Waals surface area contributed by atoms with E-state index in [-0.39, 0.29) is 23.5 Å². The fourth-order valence-electron chi connectivity index (χ4n) is 12.4. The van der Waals surface area contributed by atoms with Gasteiger partial charge >= 0.3 is 29.8 Å². The first kappa shape index (κ1) is 124. The van der Waals surface area contributed by atoms with Crippen molar-refractivity contribution in [3.8, 4) is 57.5 Å². The smallest absolute Gasteiger partial charge is 0.343 e. The Hall–Kier alpha value is -8.60. The van der Waals surface area contributed by atoms with E-state index in [2.05, 4.69) is 97.8 Å². The van der Waals surface area contributed by atoms with Gasteiger partial charge in [0.05, 0.1) is 86.0 Å². The number of rotatable bonds is 50. The van der Waals surface area contributed by atoms with E-state index in [0.29, 0.717) is 139 Å². The van der Waals surface area contributed by atoms with Crippen LogP contribution in [0.4, 0.5) is 23.5 Å². The van der Waals surface area contributed by atoms with E-state index in [0.717, 1.165) is 60.9 Å².